The van der Waals surface area contributed by atoms with E-state index in [1.165, 1.54) is 0 Å². The molecule has 3 nitrogen and oxygen atoms in total. The number of aliphatic hydroxyl groups is 2. The van der Waals surface area contributed by atoms with Crippen LogP contribution in [0.15, 0.2) is 0 Å². The second kappa shape index (κ2) is 5.71. The summed E-state index contributed by atoms with van der Waals surface area (Å²) in [6, 6.07) is 1.15. The Kier molecular flexibility index (Phi) is 5.76. The maximum atomic E-state index is 9.21. The molecular weight excluding hydrogens is 158 g/mol. The van der Waals surface area contributed by atoms with Gasteiger partial charge in [0, 0.05) is 0 Å². The van der Waals surface area contributed by atoms with Gasteiger partial charge in [-0.2, -0.15) is 0 Å². The molecule has 0 aliphatic carbocycles. The zero-order valence-corrected chi connectivity index (χ0v) is 9.03. The lowest BCUT2D eigenvalue weighted by Gasteiger charge is -2.27. The van der Waals surface area contributed by atoms with Crippen molar-refractivity contribution in [2.45, 2.75) is 45.7 Å². The first kappa shape index (κ1) is 11.1. The van der Waals surface area contributed by atoms with Crippen LogP contribution in [0.2, 0.25) is 6.04 Å². The fourth-order valence-electron chi connectivity index (χ4n) is 1.03. The second-order valence-corrected chi connectivity index (χ2v) is 4.74. The molecule has 2 unspecified atom stereocenters. The van der Waals surface area contributed by atoms with Gasteiger partial charge in [-0.15, -0.1) is 0 Å². The Labute approximate surface area is 70.9 Å². The molecule has 68 valence electrons. The molecule has 0 aromatic rings. The van der Waals surface area contributed by atoms with Crippen LogP contribution in [0.5, 0.6) is 0 Å². The Balaban J connectivity index is 3.70. The fourth-order valence-corrected chi connectivity index (χ4v) is 2.46. The normalized spacial score (nSPS) is 18.0. The molecule has 2 N–H and O–H groups in total. The van der Waals surface area contributed by atoms with Crippen molar-refractivity contribution >= 4 is 9.68 Å². The number of nitrogens with zero attached hydrogens (tertiary/aromatic N) is 1. The van der Waals surface area contributed by atoms with Crippen LogP contribution in [0, 0.1) is 0 Å². The smallest absolute Gasteiger partial charge is 0.101 e. The molecule has 2 atom stereocenters. The summed E-state index contributed by atoms with van der Waals surface area (Å²) in [4.78, 5) is 0. The third kappa shape index (κ3) is 4.52. The molecule has 0 aliphatic rings. The molecule has 0 spiro atoms. The van der Waals surface area contributed by atoms with Gasteiger partial charge in [0.15, 0.2) is 0 Å². The molecule has 0 saturated carbocycles. The Morgan fingerprint density at radius 3 is 2.00 bits per heavy atom. The van der Waals surface area contributed by atoms with Crippen LogP contribution < -0.4 is 0 Å². The fraction of sp³-hybridized carbons (Fsp3) is 1.00. The van der Waals surface area contributed by atoms with E-state index in [0.717, 1.165) is 12.5 Å². The number of aliphatic hydroxyl groups excluding tert-OH is 2. The zero-order valence-electron chi connectivity index (χ0n) is 7.62. The highest BCUT2D eigenvalue weighted by Gasteiger charge is 2.14. The van der Waals surface area contributed by atoms with E-state index in [1.54, 1.807) is 18.4 Å². The Morgan fingerprint density at radius 1 is 1.27 bits per heavy atom. The summed E-state index contributed by atoms with van der Waals surface area (Å²) in [5.41, 5.74) is 0. The summed E-state index contributed by atoms with van der Waals surface area (Å²) >= 11 is 0. The summed E-state index contributed by atoms with van der Waals surface area (Å²) in [6.45, 7) is 5.53. The van der Waals surface area contributed by atoms with Gasteiger partial charge in [-0.1, -0.05) is 13.3 Å². The minimum atomic E-state index is -0.492. The zero-order chi connectivity index (χ0) is 8.85. The average Bonchev–Trinajstić information content (AvgIpc) is 1.87. The van der Waals surface area contributed by atoms with Gasteiger partial charge in [0.2, 0.25) is 0 Å². The van der Waals surface area contributed by atoms with Gasteiger partial charge in [-0.3, -0.25) is 4.57 Å². The number of hydrogen-bond acceptors (Lipinski definition) is 3. The Hall–Kier alpha value is 0.0969. The highest BCUT2D eigenvalue weighted by molar-refractivity contribution is 6.32. The molecule has 0 fully saturated rings. The van der Waals surface area contributed by atoms with Crippen LogP contribution in [0.25, 0.3) is 0 Å². The lowest BCUT2D eigenvalue weighted by molar-refractivity contribution is -0.0267. The minimum Gasteiger partial charge on any atom is -0.379 e. The van der Waals surface area contributed by atoms with Crippen molar-refractivity contribution in [3.63, 3.8) is 0 Å². The highest BCUT2D eigenvalue weighted by Crippen LogP contribution is 2.01. The average molecular weight is 177 g/mol. The molecule has 0 aliphatic heterocycles. The molecule has 4 heteroatoms. The van der Waals surface area contributed by atoms with E-state index in [0.29, 0.717) is 0 Å². The molecule has 0 aromatic carbocycles. The molecule has 0 amide bonds. The topological polar surface area (TPSA) is 43.7 Å². The van der Waals surface area contributed by atoms with Gasteiger partial charge >= 0.3 is 0 Å². The second-order valence-electron chi connectivity index (χ2n) is 2.86. The first-order chi connectivity index (χ1) is 5.09. The van der Waals surface area contributed by atoms with Crippen LogP contribution in [0.1, 0.15) is 27.2 Å². The summed E-state index contributed by atoms with van der Waals surface area (Å²) in [5.74, 6) is 0. The molecule has 11 heavy (non-hydrogen) atoms. The van der Waals surface area contributed by atoms with Crippen molar-refractivity contribution in [3.8, 4) is 0 Å². The molecule has 0 heterocycles. The molecule has 0 rings (SSSR count). The predicted molar refractivity (Wildman–Crippen MR) is 48.8 cm³/mol. The van der Waals surface area contributed by atoms with Crippen LogP contribution in [0.4, 0.5) is 0 Å². The lowest BCUT2D eigenvalue weighted by atomic mass is 10.6. The molecule has 0 saturated heterocycles. The van der Waals surface area contributed by atoms with Crippen LogP contribution >= 0.6 is 0 Å². The van der Waals surface area contributed by atoms with Gasteiger partial charge in [0.1, 0.15) is 9.68 Å². The van der Waals surface area contributed by atoms with E-state index < -0.39 is 22.1 Å². The monoisotopic (exact) mass is 177 g/mol. The molecule has 0 aromatic heterocycles. The molecular formula is C7H19NO2Si. The van der Waals surface area contributed by atoms with E-state index in [-0.39, 0.29) is 0 Å². The first-order valence-electron chi connectivity index (χ1n) is 4.21. The lowest BCUT2D eigenvalue weighted by Crippen LogP contribution is -2.42. The van der Waals surface area contributed by atoms with E-state index in [4.69, 9.17) is 0 Å². The van der Waals surface area contributed by atoms with E-state index >= 15 is 0 Å². The number of rotatable bonds is 5. The predicted octanol–water partition coefficient (Wildman–Crippen LogP) is -0.123. The van der Waals surface area contributed by atoms with Crippen LogP contribution in [0.3, 0.4) is 0 Å². The maximum absolute atomic E-state index is 9.21. The van der Waals surface area contributed by atoms with E-state index in [2.05, 4.69) is 6.92 Å². The SMILES string of the molecule is CCC[SiH2]N(C(C)O)C(C)O. The summed E-state index contributed by atoms with van der Waals surface area (Å²) in [5, 5.41) is 18.4. The van der Waals surface area contributed by atoms with Gasteiger partial charge in [-0.05, 0) is 19.9 Å². The van der Waals surface area contributed by atoms with Crippen LogP contribution in [-0.4, -0.2) is 36.9 Å². The number of hydrogen-bond donors (Lipinski definition) is 2. The standard InChI is InChI=1S/C7H19NO2Si/c1-4-5-11-8(6(2)9)7(3)10/h6-7,9-10H,4-5,11H2,1-3H3. The van der Waals surface area contributed by atoms with Crippen LogP contribution in [-0.2, 0) is 0 Å². The quantitative estimate of drug-likeness (QED) is 0.454. The van der Waals surface area contributed by atoms with Gasteiger partial charge in [0.05, 0.1) is 12.5 Å². The van der Waals surface area contributed by atoms with E-state index in [9.17, 15) is 10.2 Å². The summed E-state index contributed by atoms with van der Waals surface area (Å²) in [6.07, 6.45) is 0.156. The van der Waals surface area contributed by atoms with Gasteiger partial charge in [0.25, 0.3) is 0 Å². The first-order valence-corrected chi connectivity index (χ1v) is 5.84. The van der Waals surface area contributed by atoms with Crippen molar-refractivity contribution in [1.29, 1.82) is 0 Å². The summed E-state index contributed by atoms with van der Waals surface area (Å²) < 4.78 is 1.80. The van der Waals surface area contributed by atoms with Crippen molar-refractivity contribution in [2.24, 2.45) is 0 Å². The largest absolute Gasteiger partial charge is 0.379 e. The Bertz CT molecular complexity index is 90.4. The van der Waals surface area contributed by atoms with E-state index in [1.807, 2.05) is 0 Å². The third-order valence-corrected chi connectivity index (χ3v) is 4.33. The van der Waals surface area contributed by atoms with Gasteiger partial charge < -0.3 is 10.2 Å². The van der Waals surface area contributed by atoms with Crippen molar-refractivity contribution in [1.82, 2.24) is 4.57 Å². The highest BCUT2D eigenvalue weighted by atomic mass is 28.2. The van der Waals surface area contributed by atoms with Crippen molar-refractivity contribution in [2.75, 3.05) is 0 Å². The summed E-state index contributed by atoms with van der Waals surface area (Å²) in [7, 11) is -0.436. The Morgan fingerprint density at radius 2 is 1.73 bits per heavy atom. The van der Waals surface area contributed by atoms with Gasteiger partial charge in [-0.25, -0.2) is 0 Å². The van der Waals surface area contributed by atoms with Crippen molar-refractivity contribution in [3.05, 3.63) is 0 Å². The molecule has 0 bridgehead atoms. The maximum Gasteiger partial charge on any atom is 0.101 e. The van der Waals surface area contributed by atoms with Crippen molar-refractivity contribution < 1.29 is 10.2 Å². The third-order valence-electron chi connectivity index (χ3n) is 1.73. The molecule has 0 radical (unpaired) electrons. The minimum absolute atomic E-state index is 0.436.